The second-order valence-electron chi connectivity index (χ2n) is 4.13. The first-order chi connectivity index (χ1) is 9.49. The number of nitrogens with two attached hydrogens (primary N) is 1. The smallest absolute Gasteiger partial charge is 0.244 e. The minimum atomic E-state index is -0.855. The van der Waals surface area contributed by atoms with Gasteiger partial charge in [0.05, 0.1) is 10.0 Å². The van der Waals surface area contributed by atoms with E-state index in [9.17, 15) is 9.18 Å². The van der Waals surface area contributed by atoms with Crippen LogP contribution in [0, 0.1) is 5.82 Å². The molecule has 0 bridgehead atoms. The topological polar surface area (TPSA) is 55.1 Å². The number of benzene rings is 2. The molecule has 0 aromatic heterocycles. The van der Waals surface area contributed by atoms with Crippen molar-refractivity contribution in [3.63, 3.8) is 0 Å². The first-order valence-electron chi connectivity index (χ1n) is 5.74. The number of primary amides is 1. The molecule has 0 radical (unpaired) electrons. The molecule has 0 saturated heterocycles. The van der Waals surface area contributed by atoms with Gasteiger partial charge in [0.2, 0.25) is 5.91 Å². The zero-order valence-electron chi connectivity index (χ0n) is 10.2. The molecule has 0 aliphatic rings. The van der Waals surface area contributed by atoms with Crippen molar-refractivity contribution in [1.82, 2.24) is 0 Å². The highest BCUT2D eigenvalue weighted by atomic mass is 35.5. The first kappa shape index (κ1) is 14.6. The van der Waals surface area contributed by atoms with E-state index in [1.807, 2.05) is 0 Å². The number of halogens is 3. The lowest BCUT2D eigenvalue weighted by molar-refractivity contribution is -0.118. The molecule has 0 aliphatic carbocycles. The van der Waals surface area contributed by atoms with Crippen molar-refractivity contribution in [3.05, 3.63) is 63.9 Å². The van der Waals surface area contributed by atoms with Crippen LogP contribution < -0.4 is 11.1 Å². The molecule has 2 aromatic rings. The SMILES string of the molecule is NC(=O)C(Nc1ccc(F)cc1)c1cccc(Cl)c1Cl. The standard InChI is InChI=1S/C14H11Cl2FN2O/c15-11-3-1-2-10(12(11)16)13(14(18)20)19-9-6-4-8(17)5-7-9/h1-7,13,19H,(H2,18,20). The van der Waals surface area contributed by atoms with Crippen LogP contribution in [-0.2, 0) is 4.79 Å². The predicted octanol–water partition coefficient (Wildman–Crippen LogP) is 3.77. The molecular weight excluding hydrogens is 302 g/mol. The molecular formula is C14H11Cl2FN2O. The maximum Gasteiger partial charge on any atom is 0.244 e. The molecule has 6 heteroatoms. The summed E-state index contributed by atoms with van der Waals surface area (Å²) in [6.07, 6.45) is 0. The molecule has 0 saturated carbocycles. The number of rotatable bonds is 4. The van der Waals surface area contributed by atoms with E-state index in [0.717, 1.165) is 0 Å². The van der Waals surface area contributed by atoms with Gasteiger partial charge >= 0.3 is 0 Å². The van der Waals surface area contributed by atoms with E-state index in [4.69, 9.17) is 28.9 Å². The largest absolute Gasteiger partial charge is 0.370 e. The lowest BCUT2D eigenvalue weighted by Gasteiger charge is -2.18. The molecule has 0 fully saturated rings. The average Bonchev–Trinajstić information content (AvgIpc) is 2.41. The quantitative estimate of drug-likeness (QED) is 0.903. The van der Waals surface area contributed by atoms with Crippen LogP contribution in [0.1, 0.15) is 11.6 Å². The van der Waals surface area contributed by atoms with E-state index in [-0.39, 0.29) is 10.8 Å². The summed E-state index contributed by atoms with van der Waals surface area (Å²) in [5, 5.41) is 3.49. The summed E-state index contributed by atoms with van der Waals surface area (Å²) in [6, 6.07) is 9.65. The van der Waals surface area contributed by atoms with Crippen molar-refractivity contribution >= 4 is 34.8 Å². The molecule has 0 heterocycles. The number of carbonyl (C=O) groups excluding carboxylic acids is 1. The Morgan fingerprint density at radius 2 is 1.80 bits per heavy atom. The van der Waals surface area contributed by atoms with Crippen LogP contribution in [0.4, 0.5) is 10.1 Å². The van der Waals surface area contributed by atoms with Crippen molar-refractivity contribution in [3.8, 4) is 0 Å². The molecule has 1 atom stereocenters. The number of amides is 1. The highest BCUT2D eigenvalue weighted by Crippen LogP contribution is 2.31. The molecule has 3 nitrogen and oxygen atoms in total. The third-order valence-corrected chi connectivity index (χ3v) is 3.57. The Labute approximate surface area is 125 Å². The summed E-state index contributed by atoms with van der Waals surface area (Å²) in [5.74, 6) is -0.981. The zero-order valence-corrected chi connectivity index (χ0v) is 11.8. The van der Waals surface area contributed by atoms with E-state index in [1.165, 1.54) is 24.3 Å². The molecule has 20 heavy (non-hydrogen) atoms. The molecule has 0 spiro atoms. The summed E-state index contributed by atoms with van der Waals surface area (Å²) in [6.45, 7) is 0. The van der Waals surface area contributed by atoms with Gasteiger partial charge in [-0.2, -0.15) is 0 Å². The molecule has 2 rings (SSSR count). The van der Waals surface area contributed by atoms with Crippen molar-refractivity contribution < 1.29 is 9.18 Å². The lowest BCUT2D eigenvalue weighted by Crippen LogP contribution is -2.28. The lowest BCUT2D eigenvalue weighted by atomic mass is 10.1. The minimum absolute atomic E-state index is 0.257. The van der Waals surface area contributed by atoms with Crippen molar-refractivity contribution in [1.29, 1.82) is 0 Å². The minimum Gasteiger partial charge on any atom is -0.370 e. The van der Waals surface area contributed by atoms with E-state index >= 15 is 0 Å². The monoisotopic (exact) mass is 312 g/mol. The Balaban J connectivity index is 2.34. The van der Waals surface area contributed by atoms with Gasteiger partial charge < -0.3 is 11.1 Å². The fourth-order valence-corrected chi connectivity index (χ4v) is 2.18. The summed E-state index contributed by atoms with van der Waals surface area (Å²) in [5.41, 5.74) is 6.40. The summed E-state index contributed by atoms with van der Waals surface area (Å²) in [4.78, 5) is 11.6. The Hall–Kier alpha value is -1.78. The normalized spacial score (nSPS) is 11.9. The molecule has 3 N–H and O–H groups in total. The van der Waals surface area contributed by atoms with Gasteiger partial charge in [-0.05, 0) is 30.3 Å². The van der Waals surface area contributed by atoms with Crippen LogP contribution in [0.15, 0.2) is 42.5 Å². The van der Waals surface area contributed by atoms with Gasteiger partial charge in [-0.1, -0.05) is 35.3 Å². The predicted molar refractivity (Wildman–Crippen MR) is 78.4 cm³/mol. The Kier molecular flexibility index (Phi) is 4.47. The Morgan fingerprint density at radius 1 is 1.15 bits per heavy atom. The third-order valence-electron chi connectivity index (χ3n) is 2.73. The Morgan fingerprint density at radius 3 is 2.40 bits per heavy atom. The van der Waals surface area contributed by atoms with Crippen LogP contribution in [0.25, 0.3) is 0 Å². The number of carbonyl (C=O) groups is 1. The number of hydrogen-bond acceptors (Lipinski definition) is 2. The maximum atomic E-state index is 12.9. The van der Waals surface area contributed by atoms with Gasteiger partial charge in [0, 0.05) is 11.3 Å². The fourth-order valence-electron chi connectivity index (χ4n) is 1.76. The summed E-state index contributed by atoms with van der Waals surface area (Å²) in [7, 11) is 0. The van der Waals surface area contributed by atoms with Crippen LogP contribution in [0.5, 0.6) is 0 Å². The highest BCUT2D eigenvalue weighted by Gasteiger charge is 2.21. The number of anilines is 1. The van der Waals surface area contributed by atoms with Crippen LogP contribution in [0.2, 0.25) is 10.0 Å². The van der Waals surface area contributed by atoms with E-state index in [1.54, 1.807) is 18.2 Å². The average molecular weight is 313 g/mol. The van der Waals surface area contributed by atoms with Gasteiger partial charge in [-0.15, -0.1) is 0 Å². The zero-order chi connectivity index (χ0) is 14.7. The highest BCUT2D eigenvalue weighted by molar-refractivity contribution is 6.42. The van der Waals surface area contributed by atoms with Crippen LogP contribution >= 0.6 is 23.2 Å². The fraction of sp³-hybridized carbons (Fsp3) is 0.0714. The van der Waals surface area contributed by atoms with Crippen molar-refractivity contribution in [2.45, 2.75) is 6.04 Å². The van der Waals surface area contributed by atoms with Crippen molar-refractivity contribution in [2.24, 2.45) is 5.73 Å². The third kappa shape index (κ3) is 3.21. The van der Waals surface area contributed by atoms with E-state index < -0.39 is 11.9 Å². The van der Waals surface area contributed by atoms with Crippen LogP contribution in [0.3, 0.4) is 0 Å². The molecule has 2 aromatic carbocycles. The second-order valence-corrected chi connectivity index (χ2v) is 4.91. The van der Waals surface area contributed by atoms with E-state index in [2.05, 4.69) is 5.32 Å². The summed E-state index contributed by atoms with van der Waals surface area (Å²) >= 11 is 12.0. The molecule has 0 aliphatic heterocycles. The van der Waals surface area contributed by atoms with Gasteiger partial charge in [-0.3, -0.25) is 4.79 Å². The summed E-state index contributed by atoms with van der Waals surface area (Å²) < 4.78 is 12.9. The van der Waals surface area contributed by atoms with E-state index in [0.29, 0.717) is 16.3 Å². The molecule has 1 unspecified atom stereocenters. The Bertz CT molecular complexity index is 632. The first-order valence-corrected chi connectivity index (χ1v) is 6.50. The molecule has 104 valence electrons. The number of nitrogens with one attached hydrogen (secondary N) is 1. The van der Waals surface area contributed by atoms with Crippen molar-refractivity contribution in [2.75, 3.05) is 5.32 Å². The van der Waals surface area contributed by atoms with Gasteiger partial charge in [0.25, 0.3) is 0 Å². The number of hydrogen-bond donors (Lipinski definition) is 2. The van der Waals surface area contributed by atoms with Gasteiger partial charge in [-0.25, -0.2) is 4.39 Å². The van der Waals surface area contributed by atoms with Crippen LogP contribution in [-0.4, -0.2) is 5.91 Å². The van der Waals surface area contributed by atoms with Gasteiger partial charge in [0.1, 0.15) is 11.9 Å². The maximum absolute atomic E-state index is 12.9. The second kappa shape index (κ2) is 6.11. The van der Waals surface area contributed by atoms with Gasteiger partial charge in [0.15, 0.2) is 0 Å². The molecule has 1 amide bonds.